The lowest BCUT2D eigenvalue weighted by molar-refractivity contribution is 0.269. The Labute approximate surface area is 190 Å². The first kappa shape index (κ1) is 21.9. The standard InChI is InChI=1S/C22H19Cl4NO2/c1-2-28-21-8-15(12-27-19-10-17(24)9-18(25)11-19)7-20(26)22(21)29-13-14-4-3-5-16(23)6-14/h3-11,27H,2,12-13H2,1H3. The molecule has 0 radical (unpaired) electrons. The molecule has 7 heteroatoms. The molecule has 29 heavy (non-hydrogen) atoms. The third kappa shape index (κ3) is 6.35. The van der Waals surface area contributed by atoms with Crippen molar-refractivity contribution >= 4 is 52.1 Å². The second kappa shape index (κ2) is 10.3. The molecule has 1 N–H and O–H groups in total. The van der Waals surface area contributed by atoms with Gasteiger partial charge in [0.1, 0.15) is 6.61 Å². The minimum atomic E-state index is 0.332. The largest absolute Gasteiger partial charge is 0.490 e. The van der Waals surface area contributed by atoms with Gasteiger partial charge in [-0.15, -0.1) is 0 Å². The molecule has 0 fully saturated rings. The summed E-state index contributed by atoms with van der Waals surface area (Å²) in [4.78, 5) is 0. The van der Waals surface area contributed by atoms with E-state index < -0.39 is 0 Å². The summed E-state index contributed by atoms with van der Waals surface area (Å²) >= 11 is 24.6. The normalized spacial score (nSPS) is 10.7. The molecule has 3 nitrogen and oxygen atoms in total. The smallest absolute Gasteiger partial charge is 0.180 e. The van der Waals surface area contributed by atoms with Crippen LogP contribution in [0, 0.1) is 0 Å². The van der Waals surface area contributed by atoms with E-state index in [9.17, 15) is 0 Å². The van der Waals surface area contributed by atoms with Gasteiger partial charge in [0, 0.05) is 27.3 Å². The van der Waals surface area contributed by atoms with Gasteiger partial charge in [-0.1, -0.05) is 58.5 Å². The van der Waals surface area contributed by atoms with Crippen molar-refractivity contribution in [3.63, 3.8) is 0 Å². The van der Waals surface area contributed by atoms with Crippen molar-refractivity contribution in [2.24, 2.45) is 0 Å². The maximum absolute atomic E-state index is 6.50. The summed E-state index contributed by atoms with van der Waals surface area (Å²) in [7, 11) is 0. The van der Waals surface area contributed by atoms with Gasteiger partial charge in [0.2, 0.25) is 0 Å². The lowest BCUT2D eigenvalue weighted by Gasteiger charge is -2.16. The van der Waals surface area contributed by atoms with Gasteiger partial charge in [-0.2, -0.15) is 0 Å². The number of anilines is 1. The molecule has 0 heterocycles. The molecule has 152 valence electrons. The first-order chi connectivity index (χ1) is 13.9. The second-order valence-corrected chi connectivity index (χ2v) is 7.98. The van der Waals surface area contributed by atoms with Gasteiger partial charge >= 0.3 is 0 Å². The maximum Gasteiger partial charge on any atom is 0.180 e. The molecule has 0 aliphatic rings. The SMILES string of the molecule is CCOc1cc(CNc2cc(Cl)cc(Cl)c2)cc(Cl)c1OCc1cccc(Cl)c1. The third-order valence-corrected chi connectivity index (χ3v) is 4.95. The highest BCUT2D eigenvalue weighted by Crippen LogP contribution is 2.37. The monoisotopic (exact) mass is 469 g/mol. The topological polar surface area (TPSA) is 30.5 Å². The molecule has 0 spiro atoms. The Balaban J connectivity index is 1.76. The molecule has 3 aromatic carbocycles. The Morgan fingerprint density at radius 3 is 2.24 bits per heavy atom. The summed E-state index contributed by atoms with van der Waals surface area (Å²) in [6, 6.07) is 16.5. The molecule has 0 aliphatic carbocycles. The second-order valence-electron chi connectivity index (χ2n) is 6.27. The van der Waals surface area contributed by atoms with Crippen molar-refractivity contribution < 1.29 is 9.47 Å². The number of halogens is 4. The molecule has 0 aromatic heterocycles. The highest BCUT2D eigenvalue weighted by atomic mass is 35.5. The fourth-order valence-corrected chi connectivity index (χ4v) is 3.80. The van der Waals surface area contributed by atoms with Gasteiger partial charge < -0.3 is 14.8 Å². The molecule has 0 atom stereocenters. The number of benzene rings is 3. The lowest BCUT2D eigenvalue weighted by Crippen LogP contribution is -2.04. The fraction of sp³-hybridized carbons (Fsp3) is 0.182. The maximum atomic E-state index is 6.50. The Morgan fingerprint density at radius 1 is 0.793 bits per heavy atom. The minimum Gasteiger partial charge on any atom is -0.490 e. The quantitative estimate of drug-likeness (QED) is 0.363. The van der Waals surface area contributed by atoms with E-state index >= 15 is 0 Å². The predicted octanol–water partition coefficient (Wildman–Crippen LogP) is 7.89. The lowest BCUT2D eigenvalue weighted by atomic mass is 10.2. The average Bonchev–Trinajstić information content (AvgIpc) is 2.65. The van der Waals surface area contributed by atoms with Crippen LogP contribution >= 0.6 is 46.4 Å². The van der Waals surface area contributed by atoms with Crippen LogP contribution in [0.4, 0.5) is 5.69 Å². The first-order valence-corrected chi connectivity index (χ1v) is 10.5. The highest BCUT2D eigenvalue weighted by molar-refractivity contribution is 6.35. The summed E-state index contributed by atoms with van der Waals surface area (Å²) in [5, 5.41) is 5.55. The summed E-state index contributed by atoms with van der Waals surface area (Å²) in [6.07, 6.45) is 0. The van der Waals surface area contributed by atoms with Gasteiger partial charge in [-0.05, 0) is 60.5 Å². The zero-order chi connectivity index (χ0) is 20.8. The van der Waals surface area contributed by atoms with Crippen LogP contribution in [0.25, 0.3) is 0 Å². The van der Waals surface area contributed by atoms with Crippen molar-refractivity contribution in [1.82, 2.24) is 0 Å². The summed E-state index contributed by atoms with van der Waals surface area (Å²) < 4.78 is 11.7. The van der Waals surface area contributed by atoms with E-state index in [4.69, 9.17) is 55.9 Å². The van der Waals surface area contributed by atoms with Gasteiger partial charge in [0.05, 0.1) is 11.6 Å². The number of hydrogen-bond acceptors (Lipinski definition) is 3. The van der Waals surface area contributed by atoms with Gasteiger partial charge in [-0.3, -0.25) is 0 Å². The fourth-order valence-electron chi connectivity index (χ4n) is 2.77. The van der Waals surface area contributed by atoms with Crippen LogP contribution < -0.4 is 14.8 Å². The third-order valence-electron chi connectivity index (χ3n) is 4.00. The molecule has 0 amide bonds. The van der Waals surface area contributed by atoms with Crippen molar-refractivity contribution in [3.8, 4) is 11.5 Å². The van der Waals surface area contributed by atoms with Crippen LogP contribution in [-0.2, 0) is 13.2 Å². The van der Waals surface area contributed by atoms with E-state index in [0.29, 0.717) is 51.3 Å². The van der Waals surface area contributed by atoms with Crippen LogP contribution in [0.1, 0.15) is 18.1 Å². The van der Waals surface area contributed by atoms with Gasteiger partial charge in [-0.25, -0.2) is 0 Å². The molecule has 0 saturated heterocycles. The highest BCUT2D eigenvalue weighted by Gasteiger charge is 2.13. The van der Waals surface area contributed by atoms with Crippen molar-refractivity contribution in [2.45, 2.75) is 20.1 Å². The Kier molecular flexibility index (Phi) is 7.79. The van der Waals surface area contributed by atoms with Crippen LogP contribution in [0.5, 0.6) is 11.5 Å². The number of rotatable bonds is 8. The summed E-state index contributed by atoms with van der Waals surface area (Å²) in [5.41, 5.74) is 2.70. The van der Waals surface area contributed by atoms with E-state index in [0.717, 1.165) is 16.8 Å². The molecule has 0 aliphatic heterocycles. The summed E-state index contributed by atoms with van der Waals surface area (Å²) in [6.45, 7) is 3.25. The van der Waals surface area contributed by atoms with E-state index in [2.05, 4.69) is 5.32 Å². The van der Waals surface area contributed by atoms with E-state index in [-0.39, 0.29) is 0 Å². The molecule has 0 saturated carbocycles. The van der Waals surface area contributed by atoms with Crippen LogP contribution in [-0.4, -0.2) is 6.61 Å². The van der Waals surface area contributed by atoms with Crippen LogP contribution in [0.15, 0.2) is 54.6 Å². The Hall–Kier alpha value is -1.78. The van der Waals surface area contributed by atoms with Crippen molar-refractivity contribution in [1.29, 1.82) is 0 Å². The molecule has 0 bridgehead atoms. The minimum absolute atomic E-state index is 0.332. The zero-order valence-electron chi connectivity index (χ0n) is 15.6. The van der Waals surface area contributed by atoms with E-state index in [1.54, 1.807) is 18.2 Å². The van der Waals surface area contributed by atoms with E-state index in [1.807, 2.05) is 43.3 Å². The van der Waals surface area contributed by atoms with Crippen LogP contribution in [0.3, 0.4) is 0 Å². The average molecular weight is 471 g/mol. The Bertz CT molecular complexity index is 974. The predicted molar refractivity (Wildman–Crippen MR) is 122 cm³/mol. The summed E-state index contributed by atoms with van der Waals surface area (Å²) in [5.74, 6) is 1.09. The van der Waals surface area contributed by atoms with Crippen LogP contribution in [0.2, 0.25) is 20.1 Å². The van der Waals surface area contributed by atoms with Gasteiger partial charge in [0.15, 0.2) is 11.5 Å². The molecular weight excluding hydrogens is 452 g/mol. The molecular formula is C22H19Cl4NO2. The zero-order valence-corrected chi connectivity index (χ0v) is 18.7. The Morgan fingerprint density at radius 2 is 1.55 bits per heavy atom. The number of hydrogen-bond donors (Lipinski definition) is 1. The van der Waals surface area contributed by atoms with Gasteiger partial charge in [0.25, 0.3) is 0 Å². The number of nitrogens with one attached hydrogen (secondary N) is 1. The molecule has 3 aromatic rings. The molecule has 3 rings (SSSR count). The number of ether oxygens (including phenoxy) is 2. The van der Waals surface area contributed by atoms with E-state index in [1.165, 1.54) is 0 Å². The first-order valence-electron chi connectivity index (χ1n) is 8.97. The van der Waals surface area contributed by atoms with Crippen molar-refractivity contribution in [2.75, 3.05) is 11.9 Å². The molecule has 0 unspecified atom stereocenters. The van der Waals surface area contributed by atoms with Crippen molar-refractivity contribution in [3.05, 3.63) is 85.8 Å².